The molecule has 0 bridgehead atoms. The maximum atomic E-state index is 14.5. The Balaban J connectivity index is 1.27. The monoisotopic (exact) mass is 1930 g/mol. The number of hydrogen-bond donors (Lipinski definition) is 24. The first kappa shape index (κ1) is 118. The first-order valence-corrected chi connectivity index (χ1v) is 49.1. The molecule has 0 aliphatic carbocycles. The van der Waals surface area contributed by atoms with Gasteiger partial charge in [0.2, 0.25) is 23.6 Å². The topological polar surface area (TPSA) is 668 Å². The Labute approximate surface area is 786 Å². The fraction of sp³-hybridized carbons (Fsp3) is 0.913. The van der Waals surface area contributed by atoms with Gasteiger partial charge in [0.15, 0.2) is 25.1 Å². The summed E-state index contributed by atoms with van der Waals surface area (Å²) in [5, 5.41) is 248. The van der Waals surface area contributed by atoms with Gasteiger partial charge in [-0.2, -0.15) is 0 Å². The molecule has 0 aromatic carbocycles. The third-order valence-electron chi connectivity index (χ3n) is 26.4. The molecule has 24 N–H and O–H groups in total. The Kier molecular flexibility index (Phi) is 54.0. The average molecular weight is 1930 g/mol. The maximum absolute atomic E-state index is 14.5. The molecule has 6 heterocycles. The SMILES string of the molecule is CCCCCCCCCCCCC/C=C/[C@@H](O)[C@H](CO[C@@H]1OC(CO)[C@@H](O[C@@H]2OC(CO)[C@H](O[C@@H]3OC(CO)[C@H](O)[C@H](O)C3N(C(C)=O)[C@H]3OC(C)[C@@H](O)C(O)[C@@H]3O)[C@H](O[C@]3(C(=O)O)CC(O)[C@@H](NC(C)=O)C([C@H](O)[C@@H](CO)O[C@]4(C(=O)O)CC(O)[C@@H](NC(C)=O)C([C@H](O)[C@H](O)CO)O4)O3)C2O)[C@H](O)C1O)NC(=O)CCCCCCCCCCCCCCCCCCCCCCCCC. The molecule has 0 aromatic rings. The molecule has 6 saturated heterocycles. The quantitative estimate of drug-likeness (QED) is 0.0281. The second kappa shape index (κ2) is 61.3. The fourth-order valence-electron chi connectivity index (χ4n) is 18.5. The van der Waals surface area contributed by atoms with Crippen molar-refractivity contribution < 1.29 is 188 Å². The van der Waals surface area contributed by atoms with Crippen molar-refractivity contribution in [1.82, 2.24) is 20.9 Å². The zero-order chi connectivity index (χ0) is 98.9. The predicted molar refractivity (Wildman–Crippen MR) is 475 cm³/mol. The van der Waals surface area contributed by atoms with Crippen molar-refractivity contribution in [2.75, 3.05) is 39.6 Å². The number of aliphatic hydroxyl groups is 19. The largest absolute Gasteiger partial charge is 0.477 e. The first-order valence-electron chi connectivity index (χ1n) is 49.1. The van der Waals surface area contributed by atoms with Crippen LogP contribution in [-0.4, -0.2) is 395 Å². The molecule has 0 saturated carbocycles. The van der Waals surface area contributed by atoms with Crippen molar-refractivity contribution in [2.45, 2.75) is 493 Å². The zero-order valence-corrected chi connectivity index (χ0v) is 79.0. The van der Waals surface area contributed by atoms with Gasteiger partial charge in [-0.25, -0.2) is 9.59 Å². The van der Waals surface area contributed by atoms with E-state index >= 15 is 0 Å². The van der Waals surface area contributed by atoms with E-state index in [1.165, 1.54) is 161 Å². The predicted octanol–water partition coefficient (Wildman–Crippen LogP) is -0.0321. The lowest BCUT2D eigenvalue weighted by molar-refractivity contribution is -0.404. The molecule has 34 atom stereocenters. The summed E-state index contributed by atoms with van der Waals surface area (Å²) in [4.78, 5) is 81.8. The third-order valence-corrected chi connectivity index (χ3v) is 26.4. The van der Waals surface area contributed by atoms with Gasteiger partial charge in [0.1, 0.15) is 128 Å². The fourth-order valence-corrected chi connectivity index (χ4v) is 18.5. The minimum absolute atomic E-state index is 0.0856. The summed E-state index contributed by atoms with van der Waals surface area (Å²) in [5.74, 6) is -15.3. The number of rotatable bonds is 65. The number of carboxylic acid groups (broad SMARTS) is 2. The lowest BCUT2D eigenvalue weighted by atomic mass is 9.87. The van der Waals surface area contributed by atoms with Gasteiger partial charge in [0.25, 0.3) is 11.6 Å². The average Bonchev–Trinajstić information content (AvgIpc) is 0.741. The van der Waals surface area contributed by atoms with Gasteiger partial charge in [0.05, 0.1) is 82.2 Å². The summed E-state index contributed by atoms with van der Waals surface area (Å²) in [5.41, 5.74) is 0. The maximum Gasteiger partial charge on any atom is 0.364 e. The lowest BCUT2D eigenvalue weighted by Gasteiger charge is -2.54. The lowest BCUT2D eigenvalue weighted by Crippen LogP contribution is -2.73. The highest BCUT2D eigenvalue weighted by Gasteiger charge is 2.65. The van der Waals surface area contributed by atoms with Gasteiger partial charge < -0.3 is 180 Å². The van der Waals surface area contributed by atoms with Crippen molar-refractivity contribution in [3.63, 3.8) is 0 Å². The number of nitrogens with one attached hydrogen (secondary N) is 3. The molecule has 6 aliphatic rings. The zero-order valence-electron chi connectivity index (χ0n) is 79.0. The van der Waals surface area contributed by atoms with E-state index in [0.717, 1.165) is 85.0 Å². The first-order chi connectivity index (χ1) is 64.0. The number of hydrogen-bond acceptors (Lipinski definition) is 36. The van der Waals surface area contributed by atoms with Crippen LogP contribution in [0.4, 0.5) is 0 Å². The van der Waals surface area contributed by atoms with Crippen LogP contribution >= 0.6 is 0 Å². The summed E-state index contributed by atoms with van der Waals surface area (Å²) in [6, 6.07) is -7.42. The standard InChI is InChI=1S/C92H164N4O38/c1-7-9-11-13-15-17-19-21-22-23-24-25-26-27-28-29-30-32-34-36-38-40-42-44-66(109)95-57(58(105)43-41-39-37-35-33-31-20-18-16-14-12-10-8-2)52-124-87-78(118)76(116)80(64(50-100)127-87)129-88-79(119)84(81(65(51-101)128-88)130-86-69(74(114)72(112)62(48-98)126-86)96(56(6)104)85-77(117)75(115)70(110)53(3)125-85)134-92(90(122)123)46-60(107)68(94-55(5)103)83(133-92)73(113)63(49-99)131-91(89(120)121)45-59(106)67(93-54(4)102)82(132-91)71(111)61(108)47-97/h41,43,53,57-65,67-88,97-101,105-108,110-119H,7-40,42,44-52H2,1-6H3,(H,93,102)(H,94,103)(H,95,109)(H,120,121)(H,122,123)/b43-41+/t53?,57-,58+,59?,60?,61+,62?,63+,64?,65?,67+,68+,69?,70+,71+,72-,73+,74+,75?,76+,77-,78?,79?,80+,81-,82?,83?,84+,85-,86-,87+,88-,91+,92-/m0/s1. The number of carboxylic acids is 2. The molecular weight excluding hydrogens is 1770 g/mol. The molecule has 4 amide bonds. The molecule has 0 radical (unpaired) electrons. The molecule has 42 nitrogen and oxygen atoms in total. The van der Waals surface area contributed by atoms with E-state index in [2.05, 4.69) is 29.8 Å². The van der Waals surface area contributed by atoms with Crippen LogP contribution in [0.25, 0.3) is 0 Å². The van der Waals surface area contributed by atoms with Gasteiger partial charge in [-0.1, -0.05) is 231 Å². The highest BCUT2D eigenvalue weighted by atomic mass is 16.8. The molecule has 6 fully saturated rings. The van der Waals surface area contributed by atoms with E-state index in [9.17, 15) is 136 Å². The molecule has 134 heavy (non-hydrogen) atoms. The van der Waals surface area contributed by atoms with E-state index in [1.807, 2.05) is 0 Å². The second-order valence-corrected chi connectivity index (χ2v) is 37.2. The van der Waals surface area contributed by atoms with E-state index in [-0.39, 0.29) is 6.42 Å². The number of carbonyl (C=O) groups excluding carboxylic acids is 4. The molecular formula is C92H164N4O38. The van der Waals surface area contributed by atoms with Crippen LogP contribution in [0.15, 0.2) is 12.2 Å². The van der Waals surface area contributed by atoms with Crippen molar-refractivity contribution >= 4 is 35.6 Å². The van der Waals surface area contributed by atoms with Gasteiger partial charge in [-0.3, -0.25) is 19.2 Å². The van der Waals surface area contributed by atoms with E-state index in [4.69, 9.17) is 52.1 Å². The Morgan fingerprint density at radius 3 is 1.34 bits per heavy atom. The Hall–Kier alpha value is -4.64. The van der Waals surface area contributed by atoms with E-state index < -0.39 is 295 Å². The molecule has 6 aliphatic heterocycles. The number of carbonyl (C=O) groups is 6. The van der Waals surface area contributed by atoms with Crippen molar-refractivity contribution in [2.24, 2.45) is 0 Å². The van der Waals surface area contributed by atoms with Crippen LogP contribution in [0, 0.1) is 0 Å². The third kappa shape index (κ3) is 35.2. The van der Waals surface area contributed by atoms with Crippen molar-refractivity contribution in [1.29, 1.82) is 0 Å². The van der Waals surface area contributed by atoms with Crippen LogP contribution in [0.1, 0.15) is 286 Å². The molecule has 0 aromatic heterocycles. The molecule has 780 valence electrons. The van der Waals surface area contributed by atoms with Crippen molar-refractivity contribution in [3.05, 3.63) is 12.2 Å². The summed E-state index contributed by atoms with van der Waals surface area (Å²) < 4.78 is 66.6. The number of aliphatic carboxylic acids is 2. The van der Waals surface area contributed by atoms with Crippen LogP contribution in [0.3, 0.4) is 0 Å². The van der Waals surface area contributed by atoms with Crippen molar-refractivity contribution in [3.8, 4) is 0 Å². The minimum Gasteiger partial charge on any atom is -0.477 e. The Morgan fingerprint density at radius 2 is 0.888 bits per heavy atom. The molecule has 12 unspecified atom stereocenters. The normalized spacial score (nSPS) is 33.9. The van der Waals surface area contributed by atoms with Crippen LogP contribution < -0.4 is 16.0 Å². The Morgan fingerprint density at radius 1 is 0.455 bits per heavy atom. The second-order valence-electron chi connectivity index (χ2n) is 37.2. The number of aliphatic hydroxyl groups excluding tert-OH is 19. The minimum atomic E-state index is -3.72. The number of amides is 4. The Bertz CT molecular complexity index is 3350. The summed E-state index contributed by atoms with van der Waals surface area (Å²) >= 11 is 0. The molecule has 6 rings (SSSR count). The summed E-state index contributed by atoms with van der Waals surface area (Å²) in [6.07, 6.45) is -21.6. The van der Waals surface area contributed by atoms with Crippen LogP contribution in [-0.2, 0) is 80.9 Å². The van der Waals surface area contributed by atoms with Gasteiger partial charge in [-0.15, -0.1) is 0 Å². The number of ether oxygens (including phenoxy) is 11. The highest BCUT2D eigenvalue weighted by Crippen LogP contribution is 2.44. The van der Waals surface area contributed by atoms with E-state index in [1.54, 1.807) is 6.08 Å². The smallest absolute Gasteiger partial charge is 0.364 e. The van der Waals surface area contributed by atoms with Crippen LogP contribution in [0.2, 0.25) is 0 Å². The summed E-state index contributed by atoms with van der Waals surface area (Å²) in [6.45, 7) is 1.14. The van der Waals surface area contributed by atoms with Gasteiger partial charge in [-0.05, 0) is 26.2 Å². The molecule has 0 spiro atoms. The van der Waals surface area contributed by atoms with Gasteiger partial charge in [0, 0.05) is 40.0 Å². The van der Waals surface area contributed by atoms with E-state index in [0.29, 0.717) is 17.7 Å². The number of allylic oxidation sites excluding steroid dienone is 1. The summed E-state index contributed by atoms with van der Waals surface area (Å²) in [7, 11) is 0. The number of nitrogens with zero attached hydrogens (tertiary/aromatic N) is 1. The molecule has 42 heteroatoms. The van der Waals surface area contributed by atoms with Crippen LogP contribution in [0.5, 0.6) is 0 Å². The highest BCUT2D eigenvalue weighted by molar-refractivity contribution is 5.78. The van der Waals surface area contributed by atoms with Gasteiger partial charge >= 0.3 is 11.9 Å². The number of unbranched alkanes of at least 4 members (excludes halogenated alkanes) is 33.